The summed E-state index contributed by atoms with van der Waals surface area (Å²) in [5.74, 6) is 2.01. The van der Waals surface area contributed by atoms with Crippen molar-refractivity contribution >= 4 is 16.7 Å². The first-order valence-electron chi connectivity index (χ1n) is 9.47. The third kappa shape index (κ3) is 3.19. The molecule has 2 N–H and O–H groups in total. The van der Waals surface area contributed by atoms with Crippen molar-refractivity contribution in [2.75, 3.05) is 38.2 Å². The molecule has 0 aliphatic carbocycles. The highest BCUT2D eigenvalue weighted by atomic mass is 16.5. The number of rotatable bonds is 4. The van der Waals surface area contributed by atoms with Crippen molar-refractivity contribution in [2.24, 2.45) is 0 Å². The Bertz CT molecular complexity index is 965. The van der Waals surface area contributed by atoms with Crippen LogP contribution in [0.15, 0.2) is 42.5 Å². The Labute approximate surface area is 159 Å². The molecule has 3 aromatic rings. The molecule has 4 rings (SSSR count). The average Bonchev–Trinajstić information content (AvgIpc) is 2.74. The van der Waals surface area contributed by atoms with Gasteiger partial charge < -0.3 is 20.1 Å². The van der Waals surface area contributed by atoms with E-state index in [0.717, 1.165) is 60.7 Å². The number of aryl methyl sites for hydroxylation is 1. The predicted octanol–water partition coefficient (Wildman–Crippen LogP) is 3.59. The first-order valence-corrected chi connectivity index (χ1v) is 9.47. The van der Waals surface area contributed by atoms with E-state index in [-0.39, 0.29) is 5.75 Å². The van der Waals surface area contributed by atoms with Gasteiger partial charge in [-0.05, 0) is 41.8 Å². The van der Waals surface area contributed by atoms with Crippen molar-refractivity contribution < 1.29 is 9.84 Å². The lowest BCUT2D eigenvalue weighted by atomic mass is 9.97. The highest BCUT2D eigenvalue weighted by Crippen LogP contribution is 2.39. The van der Waals surface area contributed by atoms with Crippen LogP contribution in [-0.4, -0.2) is 43.4 Å². The summed E-state index contributed by atoms with van der Waals surface area (Å²) in [6.45, 7) is 5.92. The maximum absolute atomic E-state index is 10.5. The second-order valence-corrected chi connectivity index (χ2v) is 6.79. The number of pyridine rings is 1. The number of methoxy groups -OCH3 is 1. The molecule has 0 atom stereocenters. The van der Waals surface area contributed by atoms with Gasteiger partial charge >= 0.3 is 0 Å². The quantitative estimate of drug-likeness (QED) is 0.742. The first-order chi connectivity index (χ1) is 13.2. The predicted molar refractivity (Wildman–Crippen MR) is 110 cm³/mol. The van der Waals surface area contributed by atoms with E-state index in [4.69, 9.17) is 9.72 Å². The van der Waals surface area contributed by atoms with Crippen LogP contribution >= 0.6 is 0 Å². The molecule has 5 nitrogen and oxygen atoms in total. The second-order valence-electron chi connectivity index (χ2n) is 6.79. The standard InChI is InChI=1S/C22H25N3O2/c1-3-15-14-18-16(17-6-4-5-7-20(17)27-2)8-9-19(26)21(18)24-22(15)25-12-10-23-11-13-25/h4-9,14,23,26H,3,10-13H2,1-2H3. The lowest BCUT2D eigenvalue weighted by molar-refractivity contribution is 0.416. The number of fused-ring (bicyclic) bond motifs is 1. The Morgan fingerprint density at radius 2 is 1.89 bits per heavy atom. The van der Waals surface area contributed by atoms with Gasteiger partial charge in [0.1, 0.15) is 22.8 Å². The van der Waals surface area contributed by atoms with Crippen molar-refractivity contribution in [3.8, 4) is 22.6 Å². The molecule has 0 unspecified atom stereocenters. The molecule has 0 amide bonds. The number of aromatic nitrogens is 1. The molecule has 1 aliphatic heterocycles. The van der Waals surface area contributed by atoms with Crippen LogP contribution in [0.5, 0.6) is 11.5 Å². The molecular formula is C22H25N3O2. The van der Waals surface area contributed by atoms with E-state index in [9.17, 15) is 5.11 Å². The number of nitrogens with zero attached hydrogens (tertiary/aromatic N) is 2. The minimum atomic E-state index is 0.211. The van der Waals surface area contributed by atoms with Crippen LogP contribution in [-0.2, 0) is 6.42 Å². The van der Waals surface area contributed by atoms with E-state index >= 15 is 0 Å². The summed E-state index contributed by atoms with van der Waals surface area (Å²) in [7, 11) is 1.68. The molecule has 0 radical (unpaired) electrons. The number of aromatic hydroxyl groups is 1. The van der Waals surface area contributed by atoms with E-state index < -0.39 is 0 Å². The van der Waals surface area contributed by atoms with Gasteiger partial charge in [0.15, 0.2) is 0 Å². The number of nitrogens with one attached hydrogen (secondary N) is 1. The topological polar surface area (TPSA) is 57.6 Å². The summed E-state index contributed by atoms with van der Waals surface area (Å²) in [5, 5.41) is 14.9. The van der Waals surface area contributed by atoms with Crippen LogP contribution < -0.4 is 15.0 Å². The Morgan fingerprint density at radius 3 is 2.63 bits per heavy atom. The maximum atomic E-state index is 10.5. The third-order valence-electron chi connectivity index (χ3n) is 5.21. The van der Waals surface area contributed by atoms with Crippen molar-refractivity contribution in [1.82, 2.24) is 10.3 Å². The second kappa shape index (κ2) is 7.45. The molecule has 0 spiro atoms. The molecule has 1 aromatic heterocycles. The highest BCUT2D eigenvalue weighted by Gasteiger charge is 2.19. The summed E-state index contributed by atoms with van der Waals surface area (Å²) < 4.78 is 5.56. The van der Waals surface area contributed by atoms with Gasteiger partial charge in [-0.3, -0.25) is 0 Å². The van der Waals surface area contributed by atoms with Gasteiger partial charge in [0.25, 0.3) is 0 Å². The summed E-state index contributed by atoms with van der Waals surface area (Å²) >= 11 is 0. The molecule has 0 bridgehead atoms. The van der Waals surface area contributed by atoms with Crippen LogP contribution in [0.25, 0.3) is 22.0 Å². The fraction of sp³-hybridized carbons (Fsp3) is 0.318. The summed E-state index contributed by atoms with van der Waals surface area (Å²) in [4.78, 5) is 7.23. The number of phenols is 1. The molecule has 1 aliphatic rings. The number of hydrogen-bond donors (Lipinski definition) is 2. The van der Waals surface area contributed by atoms with E-state index in [2.05, 4.69) is 23.2 Å². The monoisotopic (exact) mass is 363 g/mol. The van der Waals surface area contributed by atoms with Crippen molar-refractivity contribution in [2.45, 2.75) is 13.3 Å². The molecule has 0 saturated carbocycles. The van der Waals surface area contributed by atoms with Gasteiger partial charge in [-0.1, -0.05) is 25.1 Å². The molecule has 1 fully saturated rings. The highest BCUT2D eigenvalue weighted by molar-refractivity contribution is 6.00. The Kier molecular flexibility index (Phi) is 4.86. The zero-order chi connectivity index (χ0) is 18.8. The first kappa shape index (κ1) is 17.6. The van der Waals surface area contributed by atoms with Gasteiger partial charge in [-0.25, -0.2) is 4.98 Å². The number of para-hydroxylation sites is 1. The van der Waals surface area contributed by atoms with Crippen molar-refractivity contribution in [1.29, 1.82) is 0 Å². The SMILES string of the molecule is CCc1cc2c(-c3ccccc3OC)ccc(O)c2nc1N1CCNCC1. The normalized spacial score (nSPS) is 14.5. The zero-order valence-corrected chi connectivity index (χ0v) is 15.8. The summed E-state index contributed by atoms with van der Waals surface area (Å²) in [6, 6.07) is 13.8. The van der Waals surface area contributed by atoms with Crippen molar-refractivity contribution in [3.05, 3.63) is 48.0 Å². The third-order valence-corrected chi connectivity index (χ3v) is 5.21. The van der Waals surface area contributed by atoms with Gasteiger partial charge in [0.2, 0.25) is 0 Å². The number of ether oxygens (including phenoxy) is 1. The van der Waals surface area contributed by atoms with Gasteiger partial charge in [-0.2, -0.15) is 0 Å². The number of benzene rings is 2. The lowest BCUT2D eigenvalue weighted by Gasteiger charge is -2.30. The molecule has 27 heavy (non-hydrogen) atoms. The van der Waals surface area contributed by atoms with Crippen LogP contribution in [0.4, 0.5) is 5.82 Å². The maximum Gasteiger partial charge on any atom is 0.141 e. The molecule has 1 saturated heterocycles. The van der Waals surface area contributed by atoms with Gasteiger partial charge in [-0.15, -0.1) is 0 Å². The average molecular weight is 363 g/mol. The molecule has 2 heterocycles. The Morgan fingerprint density at radius 1 is 1.11 bits per heavy atom. The largest absolute Gasteiger partial charge is 0.506 e. The van der Waals surface area contributed by atoms with Crippen LogP contribution in [0.3, 0.4) is 0 Å². The van der Waals surface area contributed by atoms with E-state index in [1.165, 1.54) is 5.56 Å². The molecule has 5 heteroatoms. The van der Waals surface area contributed by atoms with Crippen LogP contribution in [0.1, 0.15) is 12.5 Å². The Balaban J connectivity index is 1.94. The molecule has 2 aromatic carbocycles. The van der Waals surface area contributed by atoms with Gasteiger partial charge in [0.05, 0.1) is 7.11 Å². The minimum absolute atomic E-state index is 0.211. The van der Waals surface area contributed by atoms with E-state index in [1.807, 2.05) is 30.3 Å². The number of phenolic OH excluding ortho intramolecular Hbond substituents is 1. The van der Waals surface area contributed by atoms with E-state index in [0.29, 0.717) is 5.52 Å². The minimum Gasteiger partial charge on any atom is -0.506 e. The van der Waals surface area contributed by atoms with Crippen LogP contribution in [0, 0.1) is 0 Å². The van der Waals surface area contributed by atoms with Crippen LogP contribution in [0.2, 0.25) is 0 Å². The number of hydrogen-bond acceptors (Lipinski definition) is 5. The fourth-order valence-corrected chi connectivity index (χ4v) is 3.79. The van der Waals surface area contributed by atoms with Crippen molar-refractivity contribution in [3.63, 3.8) is 0 Å². The zero-order valence-electron chi connectivity index (χ0n) is 15.8. The summed E-state index contributed by atoms with van der Waals surface area (Å²) in [6.07, 6.45) is 0.892. The number of piperazine rings is 1. The van der Waals surface area contributed by atoms with Gasteiger partial charge in [0, 0.05) is 37.1 Å². The number of anilines is 1. The fourth-order valence-electron chi connectivity index (χ4n) is 3.79. The smallest absolute Gasteiger partial charge is 0.141 e. The molecular weight excluding hydrogens is 338 g/mol. The molecule has 140 valence electrons. The lowest BCUT2D eigenvalue weighted by Crippen LogP contribution is -2.44. The summed E-state index contributed by atoms with van der Waals surface area (Å²) in [5.41, 5.74) is 3.87. The Hall–Kier alpha value is -2.79. The van der Waals surface area contributed by atoms with E-state index in [1.54, 1.807) is 13.2 Å².